The molecule has 0 radical (unpaired) electrons. The molecule has 3 rings (SSSR count). The van der Waals surface area contributed by atoms with E-state index in [1.807, 2.05) is 11.0 Å². The van der Waals surface area contributed by atoms with Gasteiger partial charge in [0.25, 0.3) is 0 Å². The number of aliphatic hydroxyl groups excluding tert-OH is 2. The Morgan fingerprint density at radius 1 is 1.33 bits per heavy atom. The normalized spacial score (nSPS) is 25.0. The summed E-state index contributed by atoms with van der Waals surface area (Å²) in [6.07, 6.45) is -1.38. The van der Waals surface area contributed by atoms with E-state index in [4.69, 9.17) is 10.2 Å². The lowest BCUT2D eigenvalue weighted by Gasteiger charge is -2.10. The van der Waals surface area contributed by atoms with Crippen LogP contribution < -0.4 is 5.73 Å². The Kier molecular flexibility index (Phi) is 2.70. The van der Waals surface area contributed by atoms with Gasteiger partial charge in [0.2, 0.25) is 5.89 Å². The van der Waals surface area contributed by atoms with Gasteiger partial charge >= 0.3 is 0 Å². The summed E-state index contributed by atoms with van der Waals surface area (Å²) < 4.78 is 5.59. The molecule has 0 saturated carbocycles. The molecule has 6 nitrogen and oxygen atoms in total. The zero-order valence-corrected chi connectivity index (χ0v) is 9.78. The minimum atomic E-state index is -0.690. The van der Waals surface area contributed by atoms with Gasteiger partial charge in [-0.15, -0.1) is 0 Å². The van der Waals surface area contributed by atoms with Crippen LogP contribution >= 0.6 is 0 Å². The number of nitrogen functional groups attached to an aromatic ring is 1. The molecule has 1 fully saturated rings. The second kappa shape index (κ2) is 4.24. The van der Waals surface area contributed by atoms with Crippen LogP contribution in [0.5, 0.6) is 0 Å². The summed E-state index contributed by atoms with van der Waals surface area (Å²) in [7, 11) is 0. The number of oxazole rings is 1. The van der Waals surface area contributed by atoms with Crippen LogP contribution in [0.25, 0.3) is 11.1 Å². The van der Waals surface area contributed by atoms with Crippen LogP contribution in [0.2, 0.25) is 0 Å². The number of hydrogen-bond acceptors (Lipinski definition) is 6. The molecule has 18 heavy (non-hydrogen) atoms. The molecule has 0 bridgehead atoms. The van der Waals surface area contributed by atoms with Gasteiger partial charge in [-0.2, -0.15) is 0 Å². The molecule has 2 aromatic rings. The summed E-state index contributed by atoms with van der Waals surface area (Å²) in [6, 6.07) is 5.32. The summed E-state index contributed by atoms with van der Waals surface area (Å²) in [5, 5.41) is 18.9. The quantitative estimate of drug-likeness (QED) is 0.646. The monoisotopic (exact) mass is 249 g/mol. The number of hydrogen-bond donors (Lipinski definition) is 3. The predicted octanol–water partition coefficient (Wildman–Crippen LogP) is -0.0526. The number of benzene rings is 1. The number of aliphatic hydroxyl groups is 2. The highest BCUT2D eigenvalue weighted by Gasteiger charge is 2.30. The minimum absolute atomic E-state index is 0.433. The van der Waals surface area contributed by atoms with Crippen molar-refractivity contribution in [1.29, 1.82) is 0 Å². The zero-order valence-electron chi connectivity index (χ0n) is 9.78. The van der Waals surface area contributed by atoms with Crippen LogP contribution in [0.1, 0.15) is 5.89 Å². The molecule has 1 saturated heterocycles. The minimum Gasteiger partial charge on any atom is -0.439 e. The highest BCUT2D eigenvalue weighted by molar-refractivity contribution is 5.76. The third kappa shape index (κ3) is 2.05. The SMILES string of the molecule is Nc1ccc2nc(CN3CC(O)C(O)C3)oc2c1. The molecule has 96 valence electrons. The first-order chi connectivity index (χ1) is 8.61. The van der Waals surface area contributed by atoms with E-state index in [0.29, 0.717) is 36.8 Å². The molecule has 1 aliphatic rings. The van der Waals surface area contributed by atoms with E-state index in [9.17, 15) is 10.2 Å². The number of rotatable bonds is 2. The van der Waals surface area contributed by atoms with Crippen molar-refractivity contribution in [3.63, 3.8) is 0 Å². The average molecular weight is 249 g/mol. The molecule has 0 amide bonds. The Morgan fingerprint density at radius 2 is 2.06 bits per heavy atom. The van der Waals surface area contributed by atoms with E-state index in [1.54, 1.807) is 12.1 Å². The van der Waals surface area contributed by atoms with Gasteiger partial charge in [-0.1, -0.05) is 0 Å². The second-order valence-electron chi connectivity index (χ2n) is 4.66. The average Bonchev–Trinajstić information content (AvgIpc) is 2.82. The molecular formula is C12H15N3O3. The smallest absolute Gasteiger partial charge is 0.209 e. The predicted molar refractivity (Wildman–Crippen MR) is 65.7 cm³/mol. The molecule has 2 atom stereocenters. The van der Waals surface area contributed by atoms with Crippen molar-refractivity contribution in [3.8, 4) is 0 Å². The summed E-state index contributed by atoms with van der Waals surface area (Å²) in [6.45, 7) is 1.34. The van der Waals surface area contributed by atoms with Crippen LogP contribution in [-0.4, -0.2) is 45.4 Å². The van der Waals surface area contributed by atoms with Crippen molar-refractivity contribution in [1.82, 2.24) is 9.88 Å². The maximum atomic E-state index is 9.46. The number of nitrogens with zero attached hydrogens (tertiary/aromatic N) is 2. The topological polar surface area (TPSA) is 95.8 Å². The molecule has 6 heteroatoms. The second-order valence-corrected chi connectivity index (χ2v) is 4.66. The molecule has 4 N–H and O–H groups in total. The fraction of sp³-hybridized carbons (Fsp3) is 0.417. The Hall–Kier alpha value is -1.63. The fourth-order valence-electron chi connectivity index (χ4n) is 2.22. The number of fused-ring (bicyclic) bond motifs is 1. The number of aromatic nitrogens is 1. The Bertz CT molecular complexity index is 559. The number of nitrogens with two attached hydrogens (primary N) is 1. The summed E-state index contributed by atoms with van der Waals surface area (Å²) >= 11 is 0. The molecule has 1 aromatic heterocycles. The first-order valence-electron chi connectivity index (χ1n) is 5.85. The van der Waals surface area contributed by atoms with Crippen LogP contribution in [0.15, 0.2) is 22.6 Å². The van der Waals surface area contributed by atoms with Crippen molar-refractivity contribution >= 4 is 16.8 Å². The van der Waals surface area contributed by atoms with Gasteiger partial charge in [-0.25, -0.2) is 4.98 Å². The highest BCUT2D eigenvalue weighted by Crippen LogP contribution is 2.20. The summed E-state index contributed by atoms with van der Waals surface area (Å²) in [5.41, 5.74) is 7.73. The largest absolute Gasteiger partial charge is 0.439 e. The fourth-order valence-corrected chi connectivity index (χ4v) is 2.22. The maximum Gasteiger partial charge on any atom is 0.209 e. The molecule has 0 spiro atoms. The molecule has 1 aliphatic heterocycles. The van der Waals surface area contributed by atoms with Crippen molar-refractivity contribution in [2.75, 3.05) is 18.8 Å². The Morgan fingerprint density at radius 3 is 2.78 bits per heavy atom. The lowest BCUT2D eigenvalue weighted by atomic mass is 10.3. The van der Waals surface area contributed by atoms with Crippen molar-refractivity contribution < 1.29 is 14.6 Å². The van der Waals surface area contributed by atoms with Gasteiger partial charge in [0.15, 0.2) is 5.58 Å². The Labute approximate surface area is 104 Å². The first kappa shape index (κ1) is 11.5. The van der Waals surface area contributed by atoms with E-state index >= 15 is 0 Å². The van der Waals surface area contributed by atoms with E-state index in [1.165, 1.54) is 0 Å². The van der Waals surface area contributed by atoms with Crippen LogP contribution in [-0.2, 0) is 6.54 Å². The van der Waals surface area contributed by atoms with Crippen molar-refractivity contribution in [2.45, 2.75) is 18.8 Å². The van der Waals surface area contributed by atoms with E-state index in [2.05, 4.69) is 4.98 Å². The van der Waals surface area contributed by atoms with Crippen LogP contribution in [0.4, 0.5) is 5.69 Å². The van der Waals surface area contributed by atoms with Crippen LogP contribution in [0.3, 0.4) is 0 Å². The van der Waals surface area contributed by atoms with E-state index in [-0.39, 0.29) is 0 Å². The molecule has 2 unspecified atom stereocenters. The third-order valence-corrected chi connectivity index (χ3v) is 3.15. The first-order valence-corrected chi connectivity index (χ1v) is 5.85. The van der Waals surface area contributed by atoms with Gasteiger partial charge in [0.05, 0.1) is 18.8 Å². The summed E-state index contributed by atoms with van der Waals surface area (Å²) in [5.74, 6) is 0.567. The number of likely N-dealkylation sites (tertiary alicyclic amines) is 1. The van der Waals surface area contributed by atoms with Crippen molar-refractivity contribution in [2.24, 2.45) is 0 Å². The van der Waals surface area contributed by atoms with Gasteiger partial charge in [0, 0.05) is 24.8 Å². The lowest BCUT2D eigenvalue weighted by molar-refractivity contribution is 0.0572. The van der Waals surface area contributed by atoms with Gasteiger partial charge < -0.3 is 20.4 Å². The maximum absolute atomic E-state index is 9.46. The molecule has 1 aromatic carbocycles. The standard InChI is InChI=1S/C12H15N3O3/c13-7-1-2-8-11(3-7)18-12(14-8)6-15-4-9(16)10(17)5-15/h1-3,9-10,16-17H,4-6,13H2. The summed E-state index contributed by atoms with van der Waals surface area (Å²) in [4.78, 5) is 6.25. The van der Waals surface area contributed by atoms with Gasteiger partial charge in [0.1, 0.15) is 5.52 Å². The Balaban J connectivity index is 1.79. The lowest BCUT2D eigenvalue weighted by Crippen LogP contribution is -2.22. The highest BCUT2D eigenvalue weighted by atomic mass is 16.4. The number of β-amino-alcohol motifs (C(OH)–C–C–N with tert-alkyl or cyclic N) is 2. The van der Waals surface area contributed by atoms with Crippen LogP contribution in [0, 0.1) is 0 Å². The van der Waals surface area contributed by atoms with Gasteiger partial charge in [-0.05, 0) is 12.1 Å². The molecule has 0 aliphatic carbocycles. The van der Waals surface area contributed by atoms with Crippen molar-refractivity contribution in [3.05, 3.63) is 24.1 Å². The third-order valence-electron chi connectivity index (χ3n) is 3.15. The molecule has 2 heterocycles. The van der Waals surface area contributed by atoms with E-state index in [0.717, 1.165) is 5.52 Å². The van der Waals surface area contributed by atoms with Gasteiger partial charge in [-0.3, -0.25) is 4.90 Å². The number of anilines is 1. The zero-order chi connectivity index (χ0) is 12.7. The van der Waals surface area contributed by atoms with E-state index < -0.39 is 12.2 Å². The molecular weight excluding hydrogens is 234 g/mol.